The number of hydrogen-bond donors (Lipinski definition) is 1. The summed E-state index contributed by atoms with van der Waals surface area (Å²) in [6, 6.07) is 0. The molecule has 1 saturated carbocycles. The zero-order valence-corrected chi connectivity index (χ0v) is 4.22. The van der Waals surface area contributed by atoms with E-state index in [0.29, 0.717) is 5.92 Å². The molecular formula is C5H8O2. The van der Waals surface area contributed by atoms with Gasteiger partial charge in [-0.1, -0.05) is 6.92 Å². The first-order valence-corrected chi connectivity index (χ1v) is 2.44. The van der Waals surface area contributed by atoms with Crippen molar-refractivity contribution in [3.63, 3.8) is 0 Å². The Kier molecular flexibility index (Phi) is 0.805. The monoisotopic (exact) mass is 100 g/mol. The van der Waals surface area contributed by atoms with Gasteiger partial charge in [-0.25, -0.2) is 0 Å². The summed E-state index contributed by atoms with van der Waals surface area (Å²) in [4.78, 5) is 9.97. The van der Waals surface area contributed by atoms with Crippen LogP contribution in [0.3, 0.4) is 0 Å². The smallest absolute Gasteiger partial charge is 0.306 e. The minimum atomic E-state index is -0.632. The van der Waals surface area contributed by atoms with Crippen molar-refractivity contribution in [2.24, 2.45) is 11.8 Å². The topological polar surface area (TPSA) is 37.3 Å². The zero-order valence-electron chi connectivity index (χ0n) is 4.22. The SMILES string of the molecule is C[C@H]1C[C@H]1C(=O)O. The largest absolute Gasteiger partial charge is 0.481 e. The third-order valence-corrected chi connectivity index (χ3v) is 1.43. The molecule has 1 fully saturated rings. The van der Waals surface area contributed by atoms with Gasteiger partial charge in [-0.3, -0.25) is 4.79 Å². The average molecular weight is 100 g/mol. The summed E-state index contributed by atoms with van der Waals surface area (Å²) < 4.78 is 0. The Balaban J connectivity index is 2.33. The van der Waals surface area contributed by atoms with E-state index in [1.807, 2.05) is 6.92 Å². The van der Waals surface area contributed by atoms with Crippen molar-refractivity contribution >= 4 is 5.97 Å². The second kappa shape index (κ2) is 1.22. The molecule has 0 heterocycles. The molecule has 1 rings (SSSR count). The molecule has 1 N–H and O–H groups in total. The molecule has 2 heteroatoms. The predicted molar refractivity (Wildman–Crippen MR) is 24.9 cm³/mol. The second-order valence-electron chi connectivity index (χ2n) is 2.16. The van der Waals surface area contributed by atoms with Gasteiger partial charge in [0.15, 0.2) is 0 Å². The first-order chi connectivity index (χ1) is 3.22. The maximum absolute atomic E-state index is 9.97. The summed E-state index contributed by atoms with van der Waals surface area (Å²) in [5.74, 6) is -0.204. The van der Waals surface area contributed by atoms with Gasteiger partial charge < -0.3 is 5.11 Å². The molecule has 2 atom stereocenters. The first-order valence-electron chi connectivity index (χ1n) is 2.44. The van der Waals surface area contributed by atoms with Crippen molar-refractivity contribution in [1.29, 1.82) is 0 Å². The van der Waals surface area contributed by atoms with Gasteiger partial charge in [0.2, 0.25) is 0 Å². The third-order valence-electron chi connectivity index (χ3n) is 1.43. The predicted octanol–water partition coefficient (Wildman–Crippen LogP) is 0.727. The Hall–Kier alpha value is -0.530. The number of carbonyl (C=O) groups is 1. The normalized spacial score (nSPS) is 37.9. The van der Waals surface area contributed by atoms with E-state index in [9.17, 15) is 4.79 Å². The van der Waals surface area contributed by atoms with Gasteiger partial charge in [0.25, 0.3) is 0 Å². The first kappa shape index (κ1) is 4.62. The van der Waals surface area contributed by atoms with Gasteiger partial charge in [-0.15, -0.1) is 0 Å². The molecular weight excluding hydrogens is 92.1 g/mol. The fourth-order valence-corrected chi connectivity index (χ4v) is 0.666. The highest BCUT2D eigenvalue weighted by Crippen LogP contribution is 2.37. The fraction of sp³-hybridized carbons (Fsp3) is 0.800. The molecule has 0 amide bonds. The Labute approximate surface area is 42.1 Å². The Morgan fingerprint density at radius 1 is 1.86 bits per heavy atom. The van der Waals surface area contributed by atoms with Gasteiger partial charge in [0.05, 0.1) is 5.92 Å². The molecule has 7 heavy (non-hydrogen) atoms. The van der Waals surface area contributed by atoms with Crippen molar-refractivity contribution in [3.05, 3.63) is 0 Å². The van der Waals surface area contributed by atoms with Crippen molar-refractivity contribution in [2.45, 2.75) is 13.3 Å². The molecule has 2 nitrogen and oxygen atoms in total. The molecule has 1 aliphatic rings. The standard InChI is InChI=1S/C5H8O2/c1-3-2-4(3)5(6)7/h3-4H,2H2,1H3,(H,6,7)/t3-,4+/m0/s1. The minimum absolute atomic E-state index is 0.0139. The molecule has 0 spiro atoms. The van der Waals surface area contributed by atoms with Gasteiger partial charge in [-0.05, 0) is 12.3 Å². The van der Waals surface area contributed by atoms with Crippen LogP contribution < -0.4 is 0 Å². The van der Waals surface area contributed by atoms with Crippen LogP contribution in [0.15, 0.2) is 0 Å². The van der Waals surface area contributed by atoms with E-state index in [1.54, 1.807) is 0 Å². The second-order valence-corrected chi connectivity index (χ2v) is 2.16. The summed E-state index contributed by atoms with van der Waals surface area (Å²) in [6.45, 7) is 1.96. The van der Waals surface area contributed by atoms with Crippen molar-refractivity contribution in [2.75, 3.05) is 0 Å². The van der Waals surface area contributed by atoms with Gasteiger partial charge in [0, 0.05) is 0 Å². The maximum atomic E-state index is 9.97. The van der Waals surface area contributed by atoms with E-state index in [2.05, 4.69) is 0 Å². The van der Waals surface area contributed by atoms with Crippen LogP contribution in [0.4, 0.5) is 0 Å². The third kappa shape index (κ3) is 0.734. The molecule has 0 saturated heterocycles. The van der Waals surface area contributed by atoms with Crippen LogP contribution in [-0.2, 0) is 4.79 Å². The van der Waals surface area contributed by atoms with Crippen molar-refractivity contribution in [3.8, 4) is 0 Å². The summed E-state index contributed by atoms with van der Waals surface area (Å²) in [5, 5.41) is 8.22. The van der Waals surface area contributed by atoms with Crippen LogP contribution in [0, 0.1) is 11.8 Å². The summed E-state index contributed by atoms with van der Waals surface area (Å²) in [6.07, 6.45) is 0.884. The van der Waals surface area contributed by atoms with E-state index in [0.717, 1.165) is 6.42 Å². The molecule has 0 aromatic rings. The number of hydrogen-bond acceptors (Lipinski definition) is 1. The average Bonchev–Trinajstić information content (AvgIpc) is 2.17. The quantitative estimate of drug-likeness (QED) is 0.527. The number of carboxylic acids is 1. The lowest BCUT2D eigenvalue weighted by Crippen LogP contribution is -1.97. The van der Waals surface area contributed by atoms with Crippen LogP contribution in [0.25, 0.3) is 0 Å². The van der Waals surface area contributed by atoms with Gasteiger partial charge >= 0.3 is 5.97 Å². The highest BCUT2D eigenvalue weighted by atomic mass is 16.4. The van der Waals surface area contributed by atoms with Crippen LogP contribution in [0.5, 0.6) is 0 Å². The molecule has 0 bridgehead atoms. The molecule has 0 radical (unpaired) electrons. The summed E-state index contributed by atoms with van der Waals surface area (Å²) >= 11 is 0. The molecule has 0 aliphatic heterocycles. The van der Waals surface area contributed by atoms with Gasteiger partial charge in [0.1, 0.15) is 0 Å². The van der Waals surface area contributed by atoms with E-state index in [-0.39, 0.29) is 5.92 Å². The van der Waals surface area contributed by atoms with Crippen LogP contribution in [0.1, 0.15) is 13.3 Å². The van der Waals surface area contributed by atoms with E-state index >= 15 is 0 Å². The number of aliphatic carboxylic acids is 1. The molecule has 0 unspecified atom stereocenters. The summed E-state index contributed by atoms with van der Waals surface area (Å²) in [7, 11) is 0. The molecule has 1 aliphatic carbocycles. The van der Waals surface area contributed by atoms with Gasteiger partial charge in [-0.2, -0.15) is 0 Å². The highest BCUT2D eigenvalue weighted by Gasteiger charge is 2.38. The van der Waals surface area contributed by atoms with E-state index in [1.165, 1.54) is 0 Å². The molecule has 0 aromatic heterocycles. The van der Waals surface area contributed by atoms with Crippen LogP contribution in [0.2, 0.25) is 0 Å². The van der Waals surface area contributed by atoms with Crippen LogP contribution >= 0.6 is 0 Å². The molecule has 40 valence electrons. The minimum Gasteiger partial charge on any atom is -0.481 e. The highest BCUT2D eigenvalue weighted by molar-refractivity contribution is 5.73. The Bertz CT molecular complexity index is 98.3. The van der Waals surface area contributed by atoms with Crippen molar-refractivity contribution < 1.29 is 9.90 Å². The molecule has 0 aromatic carbocycles. The maximum Gasteiger partial charge on any atom is 0.306 e. The van der Waals surface area contributed by atoms with E-state index in [4.69, 9.17) is 5.11 Å². The van der Waals surface area contributed by atoms with E-state index < -0.39 is 5.97 Å². The van der Waals surface area contributed by atoms with Crippen molar-refractivity contribution in [1.82, 2.24) is 0 Å². The lowest BCUT2D eigenvalue weighted by Gasteiger charge is -1.79. The number of rotatable bonds is 1. The summed E-state index contributed by atoms with van der Waals surface area (Å²) in [5.41, 5.74) is 0. The fourth-order valence-electron chi connectivity index (χ4n) is 0.666. The van der Waals surface area contributed by atoms with Crippen LogP contribution in [-0.4, -0.2) is 11.1 Å². The Morgan fingerprint density at radius 2 is 2.29 bits per heavy atom. The lowest BCUT2D eigenvalue weighted by atomic mass is 10.3. The Morgan fingerprint density at radius 3 is 2.29 bits per heavy atom. The zero-order chi connectivity index (χ0) is 5.44. The lowest BCUT2D eigenvalue weighted by molar-refractivity contribution is -0.138. The number of carboxylic acid groups (broad SMARTS) is 1.